The molecule has 7 atom stereocenters. The second-order valence-corrected chi connectivity index (χ2v) is 16.0. The number of nitrogens with two attached hydrogens (primary N) is 1. The van der Waals surface area contributed by atoms with Gasteiger partial charge in [0.25, 0.3) is 5.91 Å². The summed E-state index contributed by atoms with van der Waals surface area (Å²) in [5.74, 6) is -0.383. The van der Waals surface area contributed by atoms with Crippen LogP contribution in [0.4, 0.5) is 11.6 Å². The Kier molecular flexibility index (Phi) is 12.8. The van der Waals surface area contributed by atoms with E-state index in [0.29, 0.717) is 43.6 Å². The van der Waals surface area contributed by atoms with E-state index in [0.717, 1.165) is 24.8 Å². The van der Waals surface area contributed by atoms with Crippen LogP contribution in [0.2, 0.25) is 5.15 Å². The van der Waals surface area contributed by atoms with Crippen LogP contribution in [0.1, 0.15) is 75.3 Å². The molecule has 0 radical (unpaired) electrons. The van der Waals surface area contributed by atoms with Crippen molar-refractivity contribution >= 4 is 41.0 Å². The first-order valence-corrected chi connectivity index (χ1v) is 18.5. The lowest BCUT2D eigenvalue weighted by Gasteiger charge is -2.47. The van der Waals surface area contributed by atoms with Gasteiger partial charge in [0.05, 0.1) is 24.8 Å². The number of fused-ring (bicyclic) bond motifs is 1. The number of nitrogen functional groups attached to an aromatic ring is 1. The number of β-amino-alcohol motifs (C(OH)–C–C–N with tert-alkyl or cyclic N) is 1. The number of aliphatic hydroxyl groups excluding tert-OH is 1. The molecule has 2 aliphatic heterocycles. The third-order valence-electron chi connectivity index (χ3n) is 10.3. The molecule has 3 fully saturated rings. The largest absolute Gasteiger partial charge is 0.390 e. The molecule has 14 heteroatoms. The highest BCUT2D eigenvalue weighted by molar-refractivity contribution is 6.32. The number of hydrogen-bond donors (Lipinski definition) is 5. The van der Waals surface area contributed by atoms with E-state index in [9.17, 15) is 19.5 Å². The number of amides is 3. The predicted octanol–water partition coefficient (Wildman–Crippen LogP) is 2.80. The molecule has 0 spiro atoms. The first-order valence-electron chi connectivity index (χ1n) is 18.2. The molecule has 3 aliphatic rings. The second kappa shape index (κ2) is 16.9. The number of nitrogens with one attached hydrogen (secondary N) is 3. The number of carbonyl (C=O) groups excluding carboxylic acids is 3. The Bertz CT molecular complexity index is 1520. The van der Waals surface area contributed by atoms with E-state index in [-0.39, 0.29) is 47.7 Å². The molecule has 0 unspecified atom stereocenters. The van der Waals surface area contributed by atoms with E-state index in [2.05, 4.69) is 30.8 Å². The first-order chi connectivity index (χ1) is 24.2. The maximum absolute atomic E-state index is 14.2. The minimum absolute atomic E-state index is 0.00217. The van der Waals surface area contributed by atoms with Gasteiger partial charge in [0.15, 0.2) is 22.5 Å². The highest BCUT2D eigenvalue weighted by atomic mass is 35.5. The van der Waals surface area contributed by atoms with Crippen molar-refractivity contribution in [2.45, 2.75) is 95.5 Å². The number of aromatic nitrogens is 2. The predicted molar refractivity (Wildman–Crippen MR) is 197 cm³/mol. The topological polar surface area (TPSA) is 175 Å². The van der Waals surface area contributed by atoms with Gasteiger partial charge in [-0.15, -0.1) is 0 Å². The summed E-state index contributed by atoms with van der Waals surface area (Å²) >= 11 is 6.32. The lowest BCUT2D eigenvalue weighted by atomic mass is 9.72. The highest BCUT2D eigenvalue weighted by Gasteiger charge is 2.42. The van der Waals surface area contributed by atoms with Crippen molar-refractivity contribution in [1.82, 2.24) is 30.8 Å². The average Bonchev–Trinajstić information content (AvgIpc) is 3.61. The smallest absolute Gasteiger partial charge is 0.274 e. The summed E-state index contributed by atoms with van der Waals surface area (Å²) in [6, 6.07) is 7.52. The molecule has 1 aromatic carbocycles. The van der Waals surface area contributed by atoms with Crippen molar-refractivity contribution in [3.05, 3.63) is 46.7 Å². The van der Waals surface area contributed by atoms with Crippen LogP contribution in [0.3, 0.4) is 0 Å². The minimum Gasteiger partial charge on any atom is -0.390 e. The van der Waals surface area contributed by atoms with Crippen LogP contribution in [0.5, 0.6) is 0 Å². The van der Waals surface area contributed by atoms with E-state index < -0.39 is 35.5 Å². The van der Waals surface area contributed by atoms with Crippen LogP contribution in [-0.2, 0) is 20.7 Å². The molecular weight excluding hydrogens is 672 g/mol. The van der Waals surface area contributed by atoms with Gasteiger partial charge in [-0.05, 0) is 63.9 Å². The van der Waals surface area contributed by atoms with Crippen LogP contribution in [-0.4, -0.2) is 108 Å². The zero-order valence-electron chi connectivity index (χ0n) is 30.5. The molecule has 51 heavy (non-hydrogen) atoms. The summed E-state index contributed by atoms with van der Waals surface area (Å²) in [5, 5.41) is 21.1. The molecule has 1 aliphatic carbocycles. The monoisotopic (exact) mass is 726 g/mol. The van der Waals surface area contributed by atoms with Crippen LogP contribution < -0.4 is 26.6 Å². The molecule has 2 saturated heterocycles. The van der Waals surface area contributed by atoms with Crippen LogP contribution in [0.15, 0.2) is 30.3 Å². The van der Waals surface area contributed by atoms with Crippen LogP contribution in [0, 0.1) is 17.8 Å². The first kappa shape index (κ1) is 38.7. The Hall–Kier alpha value is -3.52. The van der Waals surface area contributed by atoms with Crippen LogP contribution >= 0.6 is 11.6 Å². The normalized spacial score (nSPS) is 24.1. The molecule has 2 aromatic rings. The van der Waals surface area contributed by atoms with Crippen molar-refractivity contribution in [3.8, 4) is 0 Å². The van der Waals surface area contributed by atoms with Gasteiger partial charge in [0.1, 0.15) is 6.04 Å². The molecule has 1 aromatic heterocycles. The summed E-state index contributed by atoms with van der Waals surface area (Å²) in [6.45, 7) is 7.55. The summed E-state index contributed by atoms with van der Waals surface area (Å²) in [7, 11) is 3.46. The zero-order valence-corrected chi connectivity index (χ0v) is 31.3. The Morgan fingerprint density at radius 2 is 1.78 bits per heavy atom. The fourth-order valence-corrected chi connectivity index (χ4v) is 8.01. The number of benzene rings is 1. The van der Waals surface area contributed by atoms with Gasteiger partial charge in [-0.1, -0.05) is 61.2 Å². The van der Waals surface area contributed by atoms with E-state index in [1.165, 1.54) is 12.8 Å². The number of ether oxygens (including phenoxy) is 1. The number of halogens is 1. The van der Waals surface area contributed by atoms with Gasteiger partial charge in [0.2, 0.25) is 11.8 Å². The van der Waals surface area contributed by atoms with Gasteiger partial charge in [-0.3, -0.25) is 19.3 Å². The summed E-state index contributed by atoms with van der Waals surface area (Å²) in [5.41, 5.74) is 6.47. The maximum Gasteiger partial charge on any atom is 0.274 e. The van der Waals surface area contributed by atoms with Crippen molar-refractivity contribution < 1.29 is 24.2 Å². The molecule has 3 amide bonds. The average molecular weight is 727 g/mol. The minimum atomic E-state index is -1.02. The molecule has 13 nitrogen and oxygen atoms in total. The number of rotatable bonds is 12. The van der Waals surface area contributed by atoms with Gasteiger partial charge in [0, 0.05) is 45.2 Å². The molecule has 5 rings (SSSR count). The molecular formula is C37H55ClN8O5. The van der Waals surface area contributed by atoms with Gasteiger partial charge < -0.3 is 36.4 Å². The highest BCUT2D eigenvalue weighted by Crippen LogP contribution is 2.39. The molecule has 280 valence electrons. The Labute approximate surface area is 306 Å². The fourth-order valence-electron chi connectivity index (χ4n) is 7.71. The fraction of sp³-hybridized carbons (Fsp3) is 0.649. The zero-order chi connectivity index (χ0) is 36.9. The second-order valence-electron chi connectivity index (χ2n) is 15.7. The van der Waals surface area contributed by atoms with Gasteiger partial charge in [-0.25, -0.2) is 9.97 Å². The Morgan fingerprint density at radius 3 is 2.43 bits per heavy atom. The molecule has 6 N–H and O–H groups in total. The maximum atomic E-state index is 14.2. The summed E-state index contributed by atoms with van der Waals surface area (Å²) in [4.78, 5) is 53.7. The van der Waals surface area contributed by atoms with Gasteiger partial charge >= 0.3 is 0 Å². The number of hydrogen-bond acceptors (Lipinski definition) is 10. The van der Waals surface area contributed by atoms with Crippen molar-refractivity contribution in [2.24, 2.45) is 17.8 Å². The standard InChI is InChI=1S/C37H55ClN8O5/c1-37(2,3)44-34(48)27-18-23-13-9-10-14-24(23)19-46(27)20-28(47)26(17-22-11-7-6-8-12-22)40-35(49)29(25-15-16-51-21-25)42-36(50)30-32(39)43-33(45(4)5)31(38)41-30/h6-8,11-12,23-29,47H,9-10,13-21H2,1-5H3,(H2,39,43)(H,40,49)(H,42,50)(H,44,48)/t23-,24+,25-,26-,27-,28+,29-/m0/s1. The lowest BCUT2D eigenvalue weighted by molar-refractivity contribution is -0.133. The molecule has 0 bridgehead atoms. The third-order valence-corrected chi connectivity index (χ3v) is 10.6. The Balaban J connectivity index is 1.38. The molecule has 3 heterocycles. The number of piperidine rings is 1. The van der Waals surface area contributed by atoms with E-state index in [4.69, 9.17) is 22.1 Å². The number of aliphatic hydroxyl groups is 1. The number of anilines is 2. The SMILES string of the molecule is CN(C)c1nc(N)c(C(=O)N[C@H](C(=O)N[C@@H](Cc2ccccc2)[C@H](O)CN2C[C@H]3CCCC[C@H]3C[C@H]2C(=O)NC(C)(C)C)[C@H]2CCOC2)nc1Cl. The van der Waals surface area contributed by atoms with E-state index in [1.807, 2.05) is 51.1 Å². The van der Waals surface area contributed by atoms with E-state index in [1.54, 1.807) is 19.0 Å². The quantitative estimate of drug-likeness (QED) is 0.219. The van der Waals surface area contributed by atoms with Crippen LogP contribution in [0.25, 0.3) is 0 Å². The Morgan fingerprint density at radius 1 is 1.08 bits per heavy atom. The number of carbonyl (C=O) groups is 3. The lowest BCUT2D eigenvalue weighted by Crippen LogP contribution is -2.61. The third kappa shape index (κ3) is 10.1. The van der Waals surface area contributed by atoms with Crippen molar-refractivity contribution in [1.29, 1.82) is 0 Å². The van der Waals surface area contributed by atoms with E-state index >= 15 is 0 Å². The van der Waals surface area contributed by atoms with Crippen molar-refractivity contribution in [2.75, 3.05) is 51.0 Å². The van der Waals surface area contributed by atoms with Crippen molar-refractivity contribution in [3.63, 3.8) is 0 Å². The van der Waals surface area contributed by atoms with Gasteiger partial charge in [-0.2, -0.15) is 0 Å². The summed E-state index contributed by atoms with van der Waals surface area (Å²) < 4.78 is 5.62. The molecule has 1 saturated carbocycles. The number of likely N-dealkylation sites (tertiary alicyclic amines) is 1. The summed E-state index contributed by atoms with van der Waals surface area (Å²) in [6.07, 6.45) is 5.20. The number of nitrogens with zero attached hydrogens (tertiary/aromatic N) is 4.